The number of anilines is 1. The number of rotatable bonds is 9. The molecule has 3 atom stereocenters. The monoisotopic (exact) mass is 533 g/mol. The van der Waals surface area contributed by atoms with Crippen LogP contribution in [0.15, 0.2) is 66.7 Å². The molecule has 4 rings (SSSR count). The van der Waals surface area contributed by atoms with Gasteiger partial charge in [0.25, 0.3) is 0 Å². The molecule has 0 fully saturated rings. The molecule has 1 aliphatic heterocycles. The van der Waals surface area contributed by atoms with Crippen molar-refractivity contribution >= 4 is 11.7 Å². The van der Waals surface area contributed by atoms with Crippen molar-refractivity contribution in [1.82, 2.24) is 5.32 Å². The lowest BCUT2D eigenvalue weighted by Crippen LogP contribution is -2.45. The van der Waals surface area contributed by atoms with Gasteiger partial charge in [-0.3, -0.25) is 0 Å². The average Bonchev–Trinajstić information content (AvgIpc) is 2.86. The molecule has 0 amide bonds. The molecule has 0 aliphatic carbocycles. The molecule has 208 valence electrons. The fourth-order valence-electron chi connectivity index (χ4n) is 5.14. The molecular weight excluding hydrogens is 493 g/mol. The zero-order chi connectivity index (χ0) is 28.2. The average molecular weight is 534 g/mol. The number of aliphatic hydroxyl groups is 1. The van der Waals surface area contributed by atoms with Gasteiger partial charge in [0, 0.05) is 18.6 Å². The molecule has 0 saturated heterocycles. The molecule has 1 unspecified atom stereocenters. The number of hydroxylamine groups is 1. The third-order valence-corrected chi connectivity index (χ3v) is 6.93. The quantitative estimate of drug-likeness (QED) is 0.348. The number of hydrogen-bond acceptors (Lipinski definition) is 6. The minimum Gasteiger partial charge on any atom is -0.390 e. The molecular formula is C32H40FN3O3. The lowest BCUT2D eigenvalue weighted by Gasteiger charge is -2.35. The van der Waals surface area contributed by atoms with Gasteiger partial charge in [-0.15, -0.1) is 0 Å². The summed E-state index contributed by atoms with van der Waals surface area (Å²) in [5, 5.41) is 16.0. The highest BCUT2D eigenvalue weighted by Gasteiger charge is 2.29. The third kappa shape index (κ3) is 7.88. The smallest absolute Gasteiger partial charge is 0.363 e. The molecule has 3 aromatic carbocycles. The summed E-state index contributed by atoms with van der Waals surface area (Å²) in [6, 6.07) is 19.5. The fraction of sp³-hybridized carbons (Fsp3) is 0.406. The number of nitrogens with two attached hydrogens (primary N) is 1. The minimum atomic E-state index is -0.816. The number of nitrogens with one attached hydrogen (secondary N) is 1. The molecule has 0 saturated carbocycles. The molecule has 3 aromatic rings. The first-order valence-electron chi connectivity index (χ1n) is 13.6. The first-order chi connectivity index (χ1) is 18.5. The number of fused-ring (bicyclic) bond motifs is 1. The number of halogens is 1. The molecule has 0 aromatic heterocycles. The lowest BCUT2D eigenvalue weighted by atomic mass is 9.86. The number of aryl methyl sites for hydroxylation is 1. The van der Waals surface area contributed by atoms with Gasteiger partial charge in [-0.1, -0.05) is 57.2 Å². The first-order valence-corrected chi connectivity index (χ1v) is 13.6. The van der Waals surface area contributed by atoms with Crippen LogP contribution in [0.1, 0.15) is 65.8 Å². The summed E-state index contributed by atoms with van der Waals surface area (Å²) in [6.07, 6.45) is 1.14. The van der Waals surface area contributed by atoms with Crippen molar-refractivity contribution in [1.29, 1.82) is 0 Å². The van der Waals surface area contributed by atoms with Crippen LogP contribution in [0.5, 0.6) is 0 Å². The van der Waals surface area contributed by atoms with E-state index in [1.807, 2.05) is 37.3 Å². The summed E-state index contributed by atoms with van der Waals surface area (Å²) in [5.74, 6) is -0.701. The Morgan fingerprint density at radius 3 is 2.56 bits per heavy atom. The predicted octanol–water partition coefficient (Wildman–Crippen LogP) is 5.27. The van der Waals surface area contributed by atoms with Crippen LogP contribution in [0.3, 0.4) is 0 Å². The van der Waals surface area contributed by atoms with E-state index >= 15 is 0 Å². The standard InChI is InChI=1S/C32H40FN3O3/c1-21-14-23(16-25(33)15-21)18-27(34)30(37)20-35-28-12-13-36(39-31(38)24-8-6-5-7-9-24)29-11-10-22(17-26(28)29)19-32(2,3)4/h5-11,14-17,27-28,30,35,37H,12-13,18-20,34H2,1-4H3/t27-,28?,30+/m0/s1. The van der Waals surface area contributed by atoms with Crippen molar-refractivity contribution in [3.8, 4) is 0 Å². The summed E-state index contributed by atoms with van der Waals surface area (Å²) in [6.45, 7) is 9.24. The van der Waals surface area contributed by atoms with Gasteiger partial charge in [-0.2, -0.15) is 0 Å². The van der Waals surface area contributed by atoms with Gasteiger partial charge in [0.15, 0.2) is 0 Å². The largest absolute Gasteiger partial charge is 0.390 e. The van der Waals surface area contributed by atoms with E-state index in [-0.39, 0.29) is 23.8 Å². The van der Waals surface area contributed by atoms with Crippen molar-refractivity contribution in [3.63, 3.8) is 0 Å². The molecule has 39 heavy (non-hydrogen) atoms. The first kappa shape index (κ1) is 28.7. The molecule has 0 spiro atoms. The van der Waals surface area contributed by atoms with Crippen molar-refractivity contribution in [2.24, 2.45) is 11.1 Å². The third-order valence-electron chi connectivity index (χ3n) is 6.93. The van der Waals surface area contributed by atoms with Crippen LogP contribution >= 0.6 is 0 Å². The van der Waals surface area contributed by atoms with E-state index in [9.17, 15) is 14.3 Å². The Morgan fingerprint density at radius 1 is 1.13 bits per heavy atom. The van der Waals surface area contributed by atoms with Gasteiger partial charge in [-0.25, -0.2) is 14.2 Å². The highest BCUT2D eigenvalue weighted by molar-refractivity contribution is 5.90. The van der Waals surface area contributed by atoms with E-state index in [1.165, 1.54) is 17.7 Å². The maximum Gasteiger partial charge on any atom is 0.363 e. The van der Waals surface area contributed by atoms with E-state index in [2.05, 4.69) is 38.2 Å². The highest BCUT2D eigenvalue weighted by Crippen LogP contribution is 2.36. The van der Waals surface area contributed by atoms with E-state index in [0.717, 1.165) is 28.8 Å². The Bertz CT molecular complexity index is 1260. The second-order valence-corrected chi connectivity index (χ2v) is 11.8. The zero-order valence-electron chi connectivity index (χ0n) is 23.3. The SMILES string of the molecule is Cc1cc(F)cc(C[C@H](N)[C@H](O)CNC2CCN(OC(=O)c3ccccc3)c3ccc(CC(C)(C)C)cc32)c1. The van der Waals surface area contributed by atoms with E-state index in [1.54, 1.807) is 17.2 Å². The summed E-state index contributed by atoms with van der Waals surface area (Å²) in [7, 11) is 0. The normalized spacial score (nSPS) is 16.9. The van der Waals surface area contributed by atoms with Crippen molar-refractivity contribution in [2.75, 3.05) is 18.2 Å². The van der Waals surface area contributed by atoms with E-state index in [4.69, 9.17) is 10.6 Å². The number of aliphatic hydroxyl groups excluding tert-OH is 1. The van der Waals surface area contributed by atoms with Crippen LogP contribution in [0.25, 0.3) is 0 Å². The number of carbonyl (C=O) groups excluding carboxylic acids is 1. The van der Waals surface area contributed by atoms with Gasteiger partial charge in [0.05, 0.1) is 23.9 Å². The Morgan fingerprint density at radius 2 is 1.87 bits per heavy atom. The number of nitrogens with zero attached hydrogens (tertiary/aromatic N) is 1. The second kappa shape index (κ2) is 12.3. The molecule has 0 bridgehead atoms. The predicted molar refractivity (Wildman–Crippen MR) is 153 cm³/mol. The molecule has 7 heteroatoms. The van der Waals surface area contributed by atoms with Gasteiger partial charge in [0.1, 0.15) is 5.82 Å². The maximum absolute atomic E-state index is 13.8. The summed E-state index contributed by atoms with van der Waals surface area (Å²) >= 11 is 0. The Hall–Kier alpha value is -3.26. The maximum atomic E-state index is 13.8. The van der Waals surface area contributed by atoms with Crippen LogP contribution in [0.2, 0.25) is 0 Å². The molecule has 4 N–H and O–H groups in total. The summed E-state index contributed by atoms with van der Waals surface area (Å²) < 4.78 is 13.8. The second-order valence-electron chi connectivity index (χ2n) is 11.8. The van der Waals surface area contributed by atoms with Crippen LogP contribution < -0.4 is 16.1 Å². The Labute approximate surface area is 230 Å². The van der Waals surface area contributed by atoms with Crippen LogP contribution in [-0.4, -0.2) is 36.3 Å². The fourth-order valence-corrected chi connectivity index (χ4v) is 5.14. The molecule has 6 nitrogen and oxygen atoms in total. The van der Waals surface area contributed by atoms with Crippen LogP contribution in [0.4, 0.5) is 10.1 Å². The molecule has 1 aliphatic rings. The number of hydrogen-bond donors (Lipinski definition) is 3. The van der Waals surface area contributed by atoms with Gasteiger partial charge in [-0.05, 0) is 84.2 Å². The molecule has 0 radical (unpaired) electrons. The summed E-state index contributed by atoms with van der Waals surface area (Å²) in [5.41, 5.74) is 11.6. The molecule has 1 heterocycles. The van der Waals surface area contributed by atoms with E-state index < -0.39 is 18.1 Å². The van der Waals surface area contributed by atoms with Gasteiger partial charge >= 0.3 is 5.97 Å². The Kier molecular flexibility index (Phi) is 9.05. The van der Waals surface area contributed by atoms with Crippen LogP contribution in [-0.2, 0) is 17.7 Å². The zero-order valence-corrected chi connectivity index (χ0v) is 23.3. The van der Waals surface area contributed by atoms with Crippen LogP contribution in [0, 0.1) is 18.2 Å². The Balaban J connectivity index is 1.48. The van der Waals surface area contributed by atoms with Gasteiger partial charge < -0.3 is 21.0 Å². The van der Waals surface area contributed by atoms with Crippen molar-refractivity contribution in [3.05, 3.63) is 100 Å². The van der Waals surface area contributed by atoms with Gasteiger partial charge in [0.2, 0.25) is 0 Å². The van der Waals surface area contributed by atoms with Crippen molar-refractivity contribution < 1.29 is 19.1 Å². The number of benzene rings is 3. The minimum absolute atomic E-state index is 0.0511. The lowest BCUT2D eigenvalue weighted by molar-refractivity contribution is 0.0435. The van der Waals surface area contributed by atoms with E-state index in [0.29, 0.717) is 24.9 Å². The highest BCUT2D eigenvalue weighted by atomic mass is 19.1. The number of carbonyl (C=O) groups is 1. The summed E-state index contributed by atoms with van der Waals surface area (Å²) in [4.78, 5) is 18.6. The topological polar surface area (TPSA) is 87.8 Å². The van der Waals surface area contributed by atoms with Crippen molar-refractivity contribution in [2.45, 2.75) is 65.1 Å².